The predicted molar refractivity (Wildman–Crippen MR) is 55.3 cm³/mol. The molecule has 0 fully saturated rings. The Morgan fingerprint density at radius 2 is 2.53 bits per heavy atom. The fraction of sp³-hybridized carbons (Fsp3) is 0.556. The zero-order valence-electron chi connectivity index (χ0n) is 8.68. The first kappa shape index (κ1) is 11.7. The molecule has 84 valence electrons. The molecule has 1 heterocycles. The lowest BCUT2D eigenvalue weighted by Gasteiger charge is -2.08. The van der Waals surface area contributed by atoms with Gasteiger partial charge in [-0.2, -0.15) is 0 Å². The van der Waals surface area contributed by atoms with Crippen LogP contribution in [0.25, 0.3) is 0 Å². The van der Waals surface area contributed by atoms with E-state index < -0.39 is 0 Å². The van der Waals surface area contributed by atoms with Gasteiger partial charge in [0, 0.05) is 25.3 Å². The SMILES string of the molecule is C[C@@H](CO)NC(=O)c1cn(CCN)cn1. The Bertz CT molecular complexity index is 324. The first-order valence-corrected chi connectivity index (χ1v) is 4.81. The van der Waals surface area contributed by atoms with E-state index in [0.29, 0.717) is 18.8 Å². The number of aromatic nitrogens is 2. The molecule has 0 aliphatic carbocycles. The molecule has 1 aromatic rings. The molecule has 6 nitrogen and oxygen atoms in total. The van der Waals surface area contributed by atoms with Gasteiger partial charge in [-0.3, -0.25) is 4.79 Å². The third-order valence-corrected chi connectivity index (χ3v) is 1.90. The molecule has 0 aromatic carbocycles. The molecule has 0 bridgehead atoms. The standard InChI is InChI=1S/C9H16N4O2/c1-7(5-14)12-9(15)8-4-13(3-2-10)6-11-8/h4,6-7,14H,2-3,5,10H2,1H3,(H,12,15)/t7-/m0/s1. The van der Waals surface area contributed by atoms with Gasteiger partial charge in [-0.25, -0.2) is 4.98 Å². The van der Waals surface area contributed by atoms with Crippen molar-refractivity contribution in [3.63, 3.8) is 0 Å². The highest BCUT2D eigenvalue weighted by atomic mass is 16.3. The van der Waals surface area contributed by atoms with Crippen molar-refractivity contribution >= 4 is 5.91 Å². The average molecular weight is 212 g/mol. The van der Waals surface area contributed by atoms with Gasteiger partial charge in [-0.15, -0.1) is 0 Å². The van der Waals surface area contributed by atoms with Gasteiger partial charge in [0.25, 0.3) is 5.91 Å². The van der Waals surface area contributed by atoms with Crippen molar-refractivity contribution in [1.82, 2.24) is 14.9 Å². The molecule has 1 aromatic heterocycles. The fourth-order valence-corrected chi connectivity index (χ4v) is 1.09. The maximum Gasteiger partial charge on any atom is 0.271 e. The van der Waals surface area contributed by atoms with E-state index in [0.717, 1.165) is 0 Å². The molecular formula is C9H16N4O2. The van der Waals surface area contributed by atoms with Crippen LogP contribution in [0.15, 0.2) is 12.5 Å². The highest BCUT2D eigenvalue weighted by molar-refractivity contribution is 5.92. The number of hydrogen-bond acceptors (Lipinski definition) is 4. The highest BCUT2D eigenvalue weighted by Crippen LogP contribution is 1.96. The molecule has 0 aliphatic heterocycles. The summed E-state index contributed by atoms with van der Waals surface area (Å²) in [6.45, 7) is 2.77. The number of carbonyl (C=O) groups is 1. The van der Waals surface area contributed by atoms with Crippen LogP contribution in [0.3, 0.4) is 0 Å². The highest BCUT2D eigenvalue weighted by Gasteiger charge is 2.11. The van der Waals surface area contributed by atoms with Crippen LogP contribution in [-0.4, -0.2) is 39.8 Å². The summed E-state index contributed by atoms with van der Waals surface area (Å²) in [6, 6.07) is -0.267. The van der Waals surface area contributed by atoms with Gasteiger partial charge in [0.15, 0.2) is 0 Å². The normalized spacial score (nSPS) is 12.5. The Hall–Kier alpha value is -1.40. The molecule has 0 saturated carbocycles. The molecule has 1 rings (SSSR count). The van der Waals surface area contributed by atoms with Crippen LogP contribution in [0.5, 0.6) is 0 Å². The van der Waals surface area contributed by atoms with Gasteiger partial charge in [-0.05, 0) is 6.92 Å². The fourth-order valence-electron chi connectivity index (χ4n) is 1.09. The Labute approximate surface area is 88.1 Å². The molecule has 0 aliphatic rings. The van der Waals surface area contributed by atoms with E-state index in [-0.39, 0.29) is 18.6 Å². The zero-order valence-corrected chi connectivity index (χ0v) is 8.68. The van der Waals surface area contributed by atoms with Crippen molar-refractivity contribution in [2.75, 3.05) is 13.2 Å². The minimum absolute atomic E-state index is 0.0880. The van der Waals surface area contributed by atoms with Crippen LogP contribution >= 0.6 is 0 Å². The summed E-state index contributed by atoms with van der Waals surface area (Å²) in [7, 11) is 0. The summed E-state index contributed by atoms with van der Waals surface area (Å²) in [6.07, 6.45) is 3.19. The minimum Gasteiger partial charge on any atom is -0.394 e. The molecule has 0 spiro atoms. The number of hydrogen-bond donors (Lipinski definition) is 3. The number of nitrogens with zero attached hydrogens (tertiary/aromatic N) is 2. The Morgan fingerprint density at radius 3 is 3.13 bits per heavy atom. The van der Waals surface area contributed by atoms with Crippen LogP contribution in [-0.2, 0) is 6.54 Å². The molecule has 0 saturated heterocycles. The van der Waals surface area contributed by atoms with Crippen molar-refractivity contribution in [2.24, 2.45) is 5.73 Å². The molecule has 0 radical (unpaired) electrons. The second-order valence-corrected chi connectivity index (χ2v) is 3.34. The van der Waals surface area contributed by atoms with Crippen molar-refractivity contribution in [2.45, 2.75) is 19.5 Å². The molecule has 6 heteroatoms. The maximum absolute atomic E-state index is 11.5. The number of carbonyl (C=O) groups excluding carboxylic acids is 1. The van der Waals surface area contributed by atoms with E-state index in [1.807, 2.05) is 0 Å². The molecule has 0 unspecified atom stereocenters. The number of aliphatic hydroxyl groups is 1. The summed E-state index contributed by atoms with van der Waals surface area (Å²) in [5.74, 6) is -0.285. The van der Waals surface area contributed by atoms with Crippen LogP contribution in [0.4, 0.5) is 0 Å². The van der Waals surface area contributed by atoms with E-state index in [1.54, 1.807) is 24.0 Å². The Kier molecular flexibility index (Phi) is 4.26. The number of nitrogens with one attached hydrogen (secondary N) is 1. The summed E-state index contributed by atoms with van der Waals surface area (Å²) in [5, 5.41) is 11.4. The number of amides is 1. The monoisotopic (exact) mass is 212 g/mol. The summed E-state index contributed by atoms with van der Waals surface area (Å²) < 4.78 is 1.75. The van der Waals surface area contributed by atoms with E-state index in [9.17, 15) is 4.79 Å². The summed E-state index contributed by atoms with van der Waals surface area (Å²) in [5.41, 5.74) is 5.70. The van der Waals surface area contributed by atoms with Crippen LogP contribution in [0.1, 0.15) is 17.4 Å². The molecule has 1 atom stereocenters. The number of nitrogens with two attached hydrogens (primary N) is 1. The number of aliphatic hydroxyl groups excluding tert-OH is 1. The van der Waals surface area contributed by atoms with Crippen LogP contribution in [0.2, 0.25) is 0 Å². The first-order chi connectivity index (χ1) is 7.17. The van der Waals surface area contributed by atoms with Gasteiger partial charge in [0.1, 0.15) is 5.69 Å². The van der Waals surface area contributed by atoms with E-state index >= 15 is 0 Å². The Balaban J connectivity index is 2.58. The minimum atomic E-state index is -0.285. The molecule has 15 heavy (non-hydrogen) atoms. The number of rotatable bonds is 5. The second-order valence-electron chi connectivity index (χ2n) is 3.34. The van der Waals surface area contributed by atoms with E-state index in [2.05, 4.69) is 10.3 Å². The lowest BCUT2D eigenvalue weighted by atomic mass is 10.3. The van der Waals surface area contributed by atoms with Gasteiger partial charge in [0.2, 0.25) is 0 Å². The summed E-state index contributed by atoms with van der Waals surface area (Å²) in [4.78, 5) is 15.4. The van der Waals surface area contributed by atoms with E-state index in [4.69, 9.17) is 10.8 Å². The molecular weight excluding hydrogens is 196 g/mol. The van der Waals surface area contributed by atoms with E-state index in [1.165, 1.54) is 0 Å². The van der Waals surface area contributed by atoms with Crippen molar-refractivity contribution in [3.05, 3.63) is 18.2 Å². The lowest BCUT2D eigenvalue weighted by Crippen LogP contribution is -2.35. The van der Waals surface area contributed by atoms with Gasteiger partial charge in [0.05, 0.1) is 12.9 Å². The zero-order chi connectivity index (χ0) is 11.3. The maximum atomic E-state index is 11.5. The third kappa shape index (κ3) is 3.34. The van der Waals surface area contributed by atoms with Crippen LogP contribution < -0.4 is 11.1 Å². The summed E-state index contributed by atoms with van der Waals surface area (Å²) >= 11 is 0. The van der Waals surface area contributed by atoms with Crippen molar-refractivity contribution < 1.29 is 9.90 Å². The van der Waals surface area contributed by atoms with Gasteiger partial charge >= 0.3 is 0 Å². The van der Waals surface area contributed by atoms with Gasteiger partial charge in [-0.1, -0.05) is 0 Å². The number of imidazole rings is 1. The molecule has 4 N–H and O–H groups in total. The van der Waals surface area contributed by atoms with Crippen molar-refractivity contribution in [1.29, 1.82) is 0 Å². The second kappa shape index (κ2) is 5.47. The van der Waals surface area contributed by atoms with Crippen molar-refractivity contribution in [3.8, 4) is 0 Å². The largest absolute Gasteiger partial charge is 0.394 e. The molecule has 1 amide bonds. The Morgan fingerprint density at radius 1 is 1.80 bits per heavy atom. The average Bonchev–Trinajstić information content (AvgIpc) is 2.67. The third-order valence-electron chi connectivity index (χ3n) is 1.90. The lowest BCUT2D eigenvalue weighted by molar-refractivity contribution is 0.0917. The smallest absolute Gasteiger partial charge is 0.271 e. The quantitative estimate of drug-likeness (QED) is 0.580. The topological polar surface area (TPSA) is 93.2 Å². The van der Waals surface area contributed by atoms with Gasteiger partial charge < -0.3 is 20.7 Å². The van der Waals surface area contributed by atoms with Crippen LogP contribution in [0, 0.1) is 0 Å². The first-order valence-electron chi connectivity index (χ1n) is 4.81. The predicted octanol–water partition coefficient (Wildman–Crippen LogP) is -1.05.